The number of carboxylic acid groups (broad SMARTS) is 2. The van der Waals surface area contributed by atoms with Crippen LogP contribution in [0.2, 0.25) is 0 Å². The van der Waals surface area contributed by atoms with Gasteiger partial charge in [-0.25, -0.2) is 18.0 Å². The summed E-state index contributed by atoms with van der Waals surface area (Å²) in [5.41, 5.74) is 4.35. The molecule has 0 fully saturated rings. The third kappa shape index (κ3) is 10.2. The molecule has 0 unspecified atom stereocenters. The highest BCUT2D eigenvalue weighted by Gasteiger charge is 2.23. The molecular weight excluding hydrogens is 583 g/mol. The van der Waals surface area contributed by atoms with Gasteiger partial charge >= 0.3 is 11.9 Å². The fourth-order valence-electron chi connectivity index (χ4n) is 4.97. The van der Waals surface area contributed by atoms with Crippen LogP contribution in [-0.2, 0) is 30.3 Å². The van der Waals surface area contributed by atoms with Gasteiger partial charge in [0.15, 0.2) is 0 Å². The summed E-state index contributed by atoms with van der Waals surface area (Å²) in [4.78, 5) is 24.3. The van der Waals surface area contributed by atoms with E-state index in [2.05, 4.69) is 4.90 Å². The highest BCUT2D eigenvalue weighted by Crippen LogP contribution is 2.29. The van der Waals surface area contributed by atoms with E-state index < -0.39 is 17.9 Å². The highest BCUT2D eigenvalue weighted by molar-refractivity contribution is 5.87. The van der Waals surface area contributed by atoms with Gasteiger partial charge in [0.25, 0.3) is 5.92 Å². The Bertz CT molecular complexity index is 1570. The normalized spacial score (nSPS) is 11.5. The second-order valence-electron chi connectivity index (χ2n) is 11.1. The van der Waals surface area contributed by atoms with Crippen molar-refractivity contribution in [3.63, 3.8) is 0 Å². The van der Waals surface area contributed by atoms with Crippen LogP contribution < -0.4 is 4.74 Å². The Balaban J connectivity index is 1.40. The van der Waals surface area contributed by atoms with Gasteiger partial charge in [-0.15, -0.1) is 0 Å². The summed E-state index contributed by atoms with van der Waals surface area (Å²) in [7, 11) is 0. The van der Waals surface area contributed by atoms with E-state index in [4.69, 9.17) is 9.84 Å². The van der Waals surface area contributed by atoms with Crippen molar-refractivity contribution in [2.75, 3.05) is 13.1 Å². The lowest BCUT2D eigenvalue weighted by molar-refractivity contribution is -0.137. The Morgan fingerprint density at radius 3 is 2.02 bits per heavy atom. The van der Waals surface area contributed by atoms with Gasteiger partial charge in [-0.3, -0.25) is 9.69 Å². The quantitative estimate of drug-likeness (QED) is 0.123. The second-order valence-corrected chi connectivity index (χ2v) is 11.1. The van der Waals surface area contributed by atoms with Crippen LogP contribution in [0.1, 0.15) is 58.8 Å². The molecule has 4 aromatic carbocycles. The van der Waals surface area contributed by atoms with E-state index >= 15 is 0 Å². The predicted octanol–water partition coefficient (Wildman–Crippen LogP) is 8.18. The number of aliphatic carboxylic acids is 1. The fourth-order valence-corrected chi connectivity index (χ4v) is 4.97. The molecule has 4 aromatic rings. The number of carboxylic acids is 2. The number of hydrogen-bond acceptors (Lipinski definition) is 4. The number of nitrogens with zero attached hydrogens (tertiary/aromatic N) is 1. The Hall–Kier alpha value is -4.63. The Morgan fingerprint density at radius 1 is 0.800 bits per heavy atom. The van der Waals surface area contributed by atoms with Gasteiger partial charge in [0, 0.05) is 32.0 Å². The summed E-state index contributed by atoms with van der Waals surface area (Å²) in [5.74, 6) is -4.58. The molecule has 2 N–H and O–H groups in total. The molecule has 0 amide bonds. The first-order chi connectivity index (χ1) is 21.5. The van der Waals surface area contributed by atoms with E-state index in [1.165, 1.54) is 24.3 Å². The van der Waals surface area contributed by atoms with E-state index in [9.17, 15) is 27.9 Å². The average Bonchev–Trinajstić information content (AvgIpc) is 3.01. The minimum absolute atomic E-state index is 0.0397. The summed E-state index contributed by atoms with van der Waals surface area (Å²) in [6.45, 7) is 2.80. The summed E-state index contributed by atoms with van der Waals surface area (Å²) in [6, 6.07) is 24.8. The van der Waals surface area contributed by atoms with Crippen LogP contribution in [-0.4, -0.2) is 40.1 Å². The molecule has 0 aliphatic rings. The number of ether oxygens (including phenoxy) is 1. The van der Waals surface area contributed by atoms with Crippen LogP contribution in [0.5, 0.6) is 5.75 Å². The van der Waals surface area contributed by atoms with Crippen LogP contribution in [0.15, 0.2) is 91.0 Å². The molecule has 0 bridgehead atoms. The standard InChI is InChI=1S/C36H36F3NO5/c1-36(38,39)31-15-13-28(14-16-31)27-9-7-26(8-10-27)24-45-33-18-17-32(37)22-30(33)19-21-40(20-3-2-4-34(41)42)23-25-5-11-29(12-6-25)35(43)44/h5-18,22H,2-4,19-21,23-24H2,1H3,(H,41,42)(H,43,44). The maximum absolute atomic E-state index is 14.3. The zero-order chi connectivity index (χ0) is 32.4. The Kier molecular flexibility index (Phi) is 11.4. The van der Waals surface area contributed by atoms with Crippen molar-refractivity contribution >= 4 is 11.9 Å². The van der Waals surface area contributed by atoms with Gasteiger partial charge in [0.1, 0.15) is 18.2 Å². The van der Waals surface area contributed by atoms with Crippen molar-refractivity contribution in [1.82, 2.24) is 4.90 Å². The maximum Gasteiger partial charge on any atom is 0.335 e. The molecule has 45 heavy (non-hydrogen) atoms. The SMILES string of the molecule is CC(F)(F)c1ccc(-c2ccc(COc3ccc(F)cc3CCN(CCCCC(=O)O)Cc3ccc(C(=O)O)cc3)cc2)cc1. The van der Waals surface area contributed by atoms with Crippen LogP contribution >= 0.6 is 0 Å². The minimum atomic E-state index is -2.89. The molecule has 6 nitrogen and oxygen atoms in total. The molecule has 0 aliphatic carbocycles. The van der Waals surface area contributed by atoms with Crippen molar-refractivity contribution in [3.05, 3.63) is 125 Å². The second kappa shape index (κ2) is 15.4. The third-order valence-electron chi connectivity index (χ3n) is 7.52. The average molecular weight is 620 g/mol. The number of carbonyl (C=O) groups is 2. The van der Waals surface area contributed by atoms with Crippen LogP contribution in [0.3, 0.4) is 0 Å². The van der Waals surface area contributed by atoms with Gasteiger partial charge < -0.3 is 14.9 Å². The molecule has 0 radical (unpaired) electrons. The lowest BCUT2D eigenvalue weighted by Crippen LogP contribution is -2.27. The molecule has 0 spiro atoms. The fraction of sp³-hybridized carbons (Fsp3) is 0.278. The third-order valence-corrected chi connectivity index (χ3v) is 7.52. The zero-order valence-corrected chi connectivity index (χ0v) is 25.0. The van der Waals surface area contributed by atoms with Crippen LogP contribution in [0.4, 0.5) is 13.2 Å². The summed E-state index contributed by atoms with van der Waals surface area (Å²) in [5, 5.41) is 18.2. The van der Waals surface area contributed by atoms with Crippen LogP contribution in [0.25, 0.3) is 11.1 Å². The van der Waals surface area contributed by atoms with E-state index in [0.29, 0.717) is 50.2 Å². The lowest BCUT2D eigenvalue weighted by atomic mass is 10.0. The Morgan fingerprint density at radius 2 is 1.42 bits per heavy atom. The van der Waals surface area contributed by atoms with Crippen molar-refractivity contribution in [2.24, 2.45) is 0 Å². The molecule has 0 saturated heterocycles. The summed E-state index contributed by atoms with van der Waals surface area (Å²) in [6.07, 6.45) is 1.74. The number of rotatable bonds is 16. The first-order valence-electron chi connectivity index (χ1n) is 14.7. The van der Waals surface area contributed by atoms with E-state index in [1.807, 2.05) is 24.3 Å². The Labute approximate surface area is 260 Å². The van der Waals surface area contributed by atoms with Gasteiger partial charge in [-0.2, -0.15) is 0 Å². The number of benzene rings is 4. The van der Waals surface area contributed by atoms with Crippen molar-refractivity contribution < 1.29 is 37.7 Å². The number of halogens is 3. The maximum atomic E-state index is 14.3. The number of hydrogen-bond donors (Lipinski definition) is 2. The van der Waals surface area contributed by atoms with Gasteiger partial charge in [0.2, 0.25) is 0 Å². The predicted molar refractivity (Wildman–Crippen MR) is 166 cm³/mol. The first kappa shape index (κ1) is 33.3. The lowest BCUT2D eigenvalue weighted by Gasteiger charge is -2.23. The highest BCUT2D eigenvalue weighted by atomic mass is 19.3. The van der Waals surface area contributed by atoms with Crippen LogP contribution in [0, 0.1) is 5.82 Å². The first-order valence-corrected chi connectivity index (χ1v) is 14.7. The number of unbranched alkanes of at least 4 members (excludes halogenated alkanes) is 1. The molecule has 0 aromatic heterocycles. The molecule has 0 heterocycles. The molecule has 236 valence electrons. The minimum Gasteiger partial charge on any atom is -0.489 e. The molecule has 0 aliphatic heterocycles. The topological polar surface area (TPSA) is 87.1 Å². The monoisotopic (exact) mass is 619 g/mol. The molecule has 4 rings (SSSR count). The van der Waals surface area contributed by atoms with Crippen molar-refractivity contribution in [3.8, 4) is 16.9 Å². The van der Waals surface area contributed by atoms with Gasteiger partial charge in [-0.05, 0) is 84.0 Å². The van der Waals surface area contributed by atoms with E-state index in [1.54, 1.807) is 42.5 Å². The smallest absolute Gasteiger partial charge is 0.335 e. The number of aromatic carboxylic acids is 1. The van der Waals surface area contributed by atoms with Crippen molar-refractivity contribution in [1.29, 1.82) is 0 Å². The summed E-state index contributed by atoms with van der Waals surface area (Å²) < 4.78 is 47.5. The zero-order valence-electron chi connectivity index (χ0n) is 25.0. The van der Waals surface area contributed by atoms with E-state index in [-0.39, 0.29) is 30.0 Å². The largest absolute Gasteiger partial charge is 0.489 e. The van der Waals surface area contributed by atoms with Gasteiger partial charge in [0.05, 0.1) is 5.56 Å². The van der Waals surface area contributed by atoms with E-state index in [0.717, 1.165) is 29.2 Å². The van der Waals surface area contributed by atoms with Gasteiger partial charge in [-0.1, -0.05) is 60.7 Å². The summed E-state index contributed by atoms with van der Waals surface area (Å²) >= 11 is 0. The molecule has 0 atom stereocenters. The number of alkyl halides is 2. The van der Waals surface area contributed by atoms with Crippen molar-refractivity contribution in [2.45, 2.75) is 51.7 Å². The molecule has 0 saturated carbocycles. The molecule has 9 heteroatoms. The molecular formula is C36H36F3NO5.